The number of fused-ring (bicyclic) bond motifs is 1. The molecule has 0 N–H and O–H groups in total. The molecule has 2 heterocycles. The maximum Gasteiger partial charge on any atom is 0.167 e. The second-order valence-electron chi connectivity index (χ2n) is 5.87. The first-order valence-electron chi connectivity index (χ1n) is 7.34. The van der Waals surface area contributed by atoms with Crippen LogP contribution < -0.4 is 0 Å². The van der Waals surface area contributed by atoms with Gasteiger partial charge >= 0.3 is 0 Å². The minimum Gasteiger partial charge on any atom is -0.215 e. The predicted octanol–water partition coefficient (Wildman–Crippen LogP) is 4.53. The highest BCUT2D eigenvalue weighted by molar-refractivity contribution is 6.43. The number of aromatic nitrogens is 4. The summed E-state index contributed by atoms with van der Waals surface area (Å²) in [5, 5.41) is 4.59. The van der Waals surface area contributed by atoms with Crippen molar-refractivity contribution in [3.8, 4) is 11.3 Å². The zero-order valence-corrected chi connectivity index (χ0v) is 13.8. The maximum absolute atomic E-state index is 13.1. The molecule has 4 rings (SSSR count). The summed E-state index contributed by atoms with van der Waals surface area (Å²) < 4.78 is 14.8. The molecule has 118 valence electrons. The Bertz CT molecular complexity index is 876. The third kappa shape index (κ3) is 2.68. The highest BCUT2D eigenvalue weighted by atomic mass is 35.5. The molecule has 0 amide bonds. The molecule has 7 heteroatoms. The van der Waals surface area contributed by atoms with E-state index in [0.29, 0.717) is 29.0 Å². The van der Waals surface area contributed by atoms with Crippen LogP contribution in [0.1, 0.15) is 35.7 Å². The molecule has 2 unspecified atom stereocenters. The number of hydrogen-bond acceptors (Lipinski definition) is 3. The molecule has 1 saturated carbocycles. The Labute approximate surface area is 142 Å². The topological polar surface area (TPSA) is 43.1 Å². The van der Waals surface area contributed by atoms with Gasteiger partial charge in [0.15, 0.2) is 16.3 Å². The number of rotatable bonds is 3. The molecule has 1 aliphatic rings. The van der Waals surface area contributed by atoms with Crippen molar-refractivity contribution in [3.05, 3.63) is 47.8 Å². The molecule has 0 bridgehead atoms. The monoisotopic (exact) mass is 350 g/mol. The maximum atomic E-state index is 13.1. The molecule has 23 heavy (non-hydrogen) atoms. The van der Waals surface area contributed by atoms with Gasteiger partial charge in [-0.05, 0) is 36.6 Å². The van der Waals surface area contributed by atoms with Crippen LogP contribution in [0, 0.1) is 11.7 Å². The molecule has 1 aromatic carbocycles. The van der Waals surface area contributed by atoms with Gasteiger partial charge < -0.3 is 0 Å². The van der Waals surface area contributed by atoms with Crippen molar-refractivity contribution in [1.82, 2.24) is 19.6 Å². The number of hydrogen-bond donors (Lipinski definition) is 0. The van der Waals surface area contributed by atoms with Crippen LogP contribution in [0.4, 0.5) is 4.39 Å². The molecule has 0 aliphatic heterocycles. The van der Waals surface area contributed by atoms with Crippen molar-refractivity contribution in [1.29, 1.82) is 0 Å². The SMILES string of the molecule is CC1CC1c1nc(C(Cl)Cl)nc2cc(-c3ccc(F)cc3)nn12. The average molecular weight is 351 g/mol. The van der Waals surface area contributed by atoms with E-state index in [9.17, 15) is 4.39 Å². The van der Waals surface area contributed by atoms with Crippen LogP contribution >= 0.6 is 23.2 Å². The van der Waals surface area contributed by atoms with Gasteiger partial charge in [-0.3, -0.25) is 0 Å². The van der Waals surface area contributed by atoms with E-state index in [4.69, 9.17) is 23.2 Å². The van der Waals surface area contributed by atoms with E-state index < -0.39 is 4.84 Å². The van der Waals surface area contributed by atoms with E-state index in [2.05, 4.69) is 22.0 Å². The standard InChI is InChI=1S/C16H13Cl2FN4/c1-8-6-11(8)16-21-15(14(17)18)20-13-7-12(22-23(13)16)9-2-4-10(19)5-3-9/h2-5,7-8,11,14H,6H2,1H3. The molecule has 2 aromatic heterocycles. The highest BCUT2D eigenvalue weighted by Gasteiger charge is 2.38. The first-order valence-corrected chi connectivity index (χ1v) is 8.22. The normalized spacial score (nSPS) is 20.4. The van der Waals surface area contributed by atoms with Crippen LogP contribution in [0.5, 0.6) is 0 Å². The van der Waals surface area contributed by atoms with Gasteiger partial charge in [-0.25, -0.2) is 18.9 Å². The molecular weight excluding hydrogens is 338 g/mol. The van der Waals surface area contributed by atoms with Gasteiger partial charge in [-0.2, -0.15) is 5.10 Å². The van der Waals surface area contributed by atoms with Crippen molar-refractivity contribution < 1.29 is 4.39 Å². The lowest BCUT2D eigenvalue weighted by Crippen LogP contribution is -2.07. The first kappa shape index (κ1) is 14.8. The van der Waals surface area contributed by atoms with Gasteiger partial charge in [-0.15, -0.1) is 0 Å². The van der Waals surface area contributed by atoms with E-state index in [1.54, 1.807) is 16.6 Å². The van der Waals surface area contributed by atoms with Gasteiger partial charge in [-0.1, -0.05) is 30.1 Å². The molecule has 1 aliphatic carbocycles. The largest absolute Gasteiger partial charge is 0.215 e. The number of halogens is 3. The van der Waals surface area contributed by atoms with Gasteiger partial charge in [0.25, 0.3) is 0 Å². The van der Waals surface area contributed by atoms with Crippen molar-refractivity contribution in [2.45, 2.75) is 24.1 Å². The van der Waals surface area contributed by atoms with Crippen molar-refractivity contribution >= 4 is 28.8 Å². The minimum atomic E-state index is -0.781. The molecule has 3 aromatic rings. The zero-order chi connectivity index (χ0) is 16.1. The Balaban J connectivity index is 1.88. The smallest absolute Gasteiger partial charge is 0.167 e. The van der Waals surface area contributed by atoms with Crippen LogP contribution in [-0.2, 0) is 0 Å². The molecule has 4 nitrogen and oxygen atoms in total. The Morgan fingerprint density at radius 3 is 2.52 bits per heavy atom. The third-order valence-corrected chi connectivity index (χ3v) is 4.53. The number of benzene rings is 1. The summed E-state index contributed by atoms with van der Waals surface area (Å²) in [4.78, 5) is 8.10. The van der Waals surface area contributed by atoms with Crippen LogP contribution in [0.2, 0.25) is 0 Å². The van der Waals surface area contributed by atoms with Crippen molar-refractivity contribution in [2.24, 2.45) is 5.92 Å². The van der Waals surface area contributed by atoms with Gasteiger partial charge in [0, 0.05) is 17.5 Å². The number of nitrogens with zero attached hydrogens (tertiary/aromatic N) is 4. The summed E-state index contributed by atoms with van der Waals surface area (Å²) in [6, 6.07) is 8.04. The summed E-state index contributed by atoms with van der Waals surface area (Å²) in [5.74, 6) is 1.84. The summed E-state index contributed by atoms with van der Waals surface area (Å²) in [5.41, 5.74) is 2.18. The lowest BCUT2D eigenvalue weighted by molar-refractivity contribution is 0.628. The second-order valence-corrected chi connectivity index (χ2v) is 6.96. The molecule has 0 radical (unpaired) electrons. The fraction of sp³-hybridized carbons (Fsp3) is 0.312. The van der Waals surface area contributed by atoms with Gasteiger partial charge in [0.1, 0.15) is 11.6 Å². The van der Waals surface area contributed by atoms with Crippen molar-refractivity contribution in [2.75, 3.05) is 0 Å². The Hall–Kier alpha value is -1.72. The Kier molecular flexibility index (Phi) is 3.50. The van der Waals surface area contributed by atoms with E-state index in [1.165, 1.54) is 12.1 Å². The van der Waals surface area contributed by atoms with E-state index in [0.717, 1.165) is 17.8 Å². The fourth-order valence-corrected chi connectivity index (χ4v) is 2.90. The highest BCUT2D eigenvalue weighted by Crippen LogP contribution is 2.46. The fourth-order valence-electron chi connectivity index (χ4n) is 2.71. The predicted molar refractivity (Wildman–Crippen MR) is 87.1 cm³/mol. The van der Waals surface area contributed by atoms with Crippen molar-refractivity contribution in [3.63, 3.8) is 0 Å². The summed E-state index contributed by atoms with van der Waals surface area (Å²) in [6.45, 7) is 2.17. The van der Waals surface area contributed by atoms with Crippen LogP contribution in [0.25, 0.3) is 16.9 Å². The Morgan fingerprint density at radius 2 is 1.91 bits per heavy atom. The van der Waals surface area contributed by atoms with Gasteiger partial charge in [0.05, 0.1) is 5.69 Å². The molecular formula is C16H13Cl2FN4. The molecule has 0 saturated heterocycles. The van der Waals surface area contributed by atoms with E-state index in [1.807, 2.05) is 6.07 Å². The zero-order valence-electron chi connectivity index (χ0n) is 12.2. The van der Waals surface area contributed by atoms with Crippen LogP contribution in [0.3, 0.4) is 0 Å². The molecule has 1 fully saturated rings. The van der Waals surface area contributed by atoms with E-state index in [-0.39, 0.29) is 5.82 Å². The first-order chi connectivity index (χ1) is 11.0. The summed E-state index contributed by atoms with van der Waals surface area (Å²) in [7, 11) is 0. The average Bonchev–Trinajstić information content (AvgIpc) is 3.09. The van der Waals surface area contributed by atoms with Crippen LogP contribution in [-0.4, -0.2) is 19.6 Å². The molecule has 2 atom stereocenters. The quantitative estimate of drug-likeness (QED) is 0.651. The minimum absolute atomic E-state index is 0.279. The van der Waals surface area contributed by atoms with Crippen LogP contribution in [0.15, 0.2) is 30.3 Å². The van der Waals surface area contributed by atoms with Gasteiger partial charge in [0.2, 0.25) is 0 Å². The second kappa shape index (κ2) is 5.42. The summed E-state index contributed by atoms with van der Waals surface area (Å²) >= 11 is 11.9. The summed E-state index contributed by atoms with van der Waals surface area (Å²) in [6.07, 6.45) is 1.06. The number of alkyl halides is 2. The molecule has 0 spiro atoms. The lowest BCUT2D eigenvalue weighted by Gasteiger charge is -2.06. The third-order valence-electron chi connectivity index (χ3n) is 4.14. The lowest BCUT2D eigenvalue weighted by atomic mass is 10.1. The Morgan fingerprint density at radius 1 is 1.22 bits per heavy atom. The van der Waals surface area contributed by atoms with E-state index >= 15 is 0 Å².